The van der Waals surface area contributed by atoms with Crippen molar-refractivity contribution in [1.29, 1.82) is 0 Å². The molecule has 35 heavy (non-hydrogen) atoms. The highest BCUT2D eigenvalue weighted by Crippen LogP contribution is 2.43. The Balaban J connectivity index is 1.89. The van der Waals surface area contributed by atoms with Crippen molar-refractivity contribution in [2.45, 2.75) is 50.9 Å². The summed E-state index contributed by atoms with van der Waals surface area (Å²) < 4.78 is 72.3. The molecule has 6 nitrogen and oxygen atoms in total. The van der Waals surface area contributed by atoms with Crippen molar-refractivity contribution >= 4 is 11.6 Å². The lowest BCUT2D eigenvalue weighted by Crippen LogP contribution is -2.40. The highest BCUT2D eigenvalue weighted by molar-refractivity contribution is 6.04. The summed E-state index contributed by atoms with van der Waals surface area (Å²) in [6.45, 7) is 2.66. The molecule has 2 atom stereocenters. The molecule has 0 spiro atoms. The van der Waals surface area contributed by atoms with Gasteiger partial charge in [0.2, 0.25) is 5.88 Å². The molecule has 3 N–H and O–H groups in total. The summed E-state index contributed by atoms with van der Waals surface area (Å²) in [5, 5.41) is 2.91. The number of alkyl halides is 3. The summed E-state index contributed by atoms with van der Waals surface area (Å²) in [5.74, 6) is -2.50. The molecule has 0 radical (unpaired) electrons. The first kappa shape index (κ1) is 25.2. The second kappa shape index (κ2) is 9.25. The third kappa shape index (κ3) is 6.01. The number of hydrogen-bond donors (Lipinski definition) is 2. The molecule has 1 saturated carbocycles. The molecule has 11 heteroatoms. The molecule has 1 amide bonds. The van der Waals surface area contributed by atoms with Crippen LogP contribution in [-0.2, 0) is 0 Å². The van der Waals surface area contributed by atoms with Crippen molar-refractivity contribution in [3.05, 3.63) is 41.6 Å². The molecule has 1 aromatic carbocycles. The standard InChI is InChI=1S/C24H27F5N4O2/c1-13(14-3-4-14)32-21(34)18-10-31-22(35-12-24(27,28)29)19(15-7-16(25)9-17(26)8-15)20(18)33-6-5-23(2,30)11-33/h7-10,13-14H,3-6,11-12,30H2,1-2H3,(H,32,34)/t13?,23-/m0/s1. The van der Waals surface area contributed by atoms with Crippen molar-refractivity contribution in [3.63, 3.8) is 0 Å². The lowest BCUT2D eigenvalue weighted by molar-refractivity contribution is -0.154. The molecule has 1 aliphatic heterocycles. The number of anilines is 1. The number of ether oxygens (including phenoxy) is 1. The molecule has 4 rings (SSSR count). The first-order valence-corrected chi connectivity index (χ1v) is 11.4. The number of rotatable bonds is 7. The zero-order valence-electron chi connectivity index (χ0n) is 19.4. The number of nitrogens with two attached hydrogens (primary N) is 1. The second-order valence-corrected chi connectivity index (χ2v) is 9.69. The molecule has 1 aliphatic carbocycles. The van der Waals surface area contributed by atoms with Gasteiger partial charge in [0.05, 0.1) is 16.8 Å². The van der Waals surface area contributed by atoms with Crippen molar-refractivity contribution < 1.29 is 31.5 Å². The van der Waals surface area contributed by atoms with Crippen LogP contribution in [0.2, 0.25) is 0 Å². The average molecular weight is 498 g/mol. The van der Waals surface area contributed by atoms with Gasteiger partial charge in [0.15, 0.2) is 6.61 Å². The van der Waals surface area contributed by atoms with Crippen LogP contribution in [-0.4, -0.2) is 48.3 Å². The van der Waals surface area contributed by atoms with Crippen LogP contribution in [0.3, 0.4) is 0 Å². The molecule has 1 saturated heterocycles. The van der Waals surface area contributed by atoms with Gasteiger partial charge >= 0.3 is 6.18 Å². The number of halogens is 5. The predicted octanol–water partition coefficient (Wildman–Crippen LogP) is 4.42. The molecule has 1 aromatic heterocycles. The number of carbonyl (C=O) groups excluding carboxylic acids is 1. The Morgan fingerprint density at radius 3 is 2.49 bits per heavy atom. The largest absolute Gasteiger partial charge is 0.468 e. The molecule has 1 unspecified atom stereocenters. The number of carbonyl (C=O) groups is 1. The zero-order valence-corrected chi connectivity index (χ0v) is 19.4. The van der Waals surface area contributed by atoms with Crippen LogP contribution in [0.15, 0.2) is 24.4 Å². The minimum Gasteiger partial charge on any atom is -0.468 e. The third-order valence-corrected chi connectivity index (χ3v) is 6.29. The van der Waals surface area contributed by atoms with E-state index in [-0.39, 0.29) is 35.0 Å². The van der Waals surface area contributed by atoms with E-state index in [9.17, 15) is 26.7 Å². The Labute approximate surface area is 199 Å². The number of amides is 1. The molecule has 0 bridgehead atoms. The first-order valence-electron chi connectivity index (χ1n) is 11.4. The number of nitrogens with zero attached hydrogens (tertiary/aromatic N) is 2. The number of nitrogens with one attached hydrogen (secondary N) is 1. The normalized spacial score (nSPS) is 21.2. The van der Waals surface area contributed by atoms with E-state index in [0.717, 1.165) is 31.2 Å². The Bertz CT molecular complexity index is 1100. The molecule has 2 aliphatic rings. The summed E-state index contributed by atoms with van der Waals surface area (Å²) in [6.07, 6.45) is -1.03. The van der Waals surface area contributed by atoms with E-state index in [0.29, 0.717) is 24.9 Å². The van der Waals surface area contributed by atoms with E-state index in [1.807, 2.05) is 13.8 Å². The van der Waals surface area contributed by atoms with Gasteiger partial charge in [-0.25, -0.2) is 13.8 Å². The monoisotopic (exact) mass is 498 g/mol. The summed E-state index contributed by atoms with van der Waals surface area (Å²) in [5.41, 5.74) is 5.69. The average Bonchev–Trinajstić information content (AvgIpc) is 3.53. The Hall–Kier alpha value is -2.95. The smallest absolute Gasteiger partial charge is 0.422 e. The van der Waals surface area contributed by atoms with Gasteiger partial charge in [0.1, 0.15) is 11.6 Å². The van der Waals surface area contributed by atoms with Gasteiger partial charge in [-0.15, -0.1) is 0 Å². The molecular formula is C24H27F5N4O2. The second-order valence-electron chi connectivity index (χ2n) is 9.69. The van der Waals surface area contributed by atoms with E-state index in [1.165, 1.54) is 0 Å². The van der Waals surface area contributed by atoms with Gasteiger partial charge in [-0.2, -0.15) is 13.2 Å². The van der Waals surface area contributed by atoms with Crippen molar-refractivity contribution in [3.8, 4) is 17.0 Å². The summed E-state index contributed by atoms with van der Waals surface area (Å²) in [4.78, 5) is 19.0. The van der Waals surface area contributed by atoms with Gasteiger partial charge < -0.3 is 20.7 Å². The molecular weight excluding hydrogens is 471 g/mol. The Morgan fingerprint density at radius 1 is 1.29 bits per heavy atom. The van der Waals surface area contributed by atoms with Crippen molar-refractivity contribution in [2.75, 3.05) is 24.6 Å². The fourth-order valence-electron chi connectivity index (χ4n) is 4.37. The number of hydrogen-bond acceptors (Lipinski definition) is 5. The zero-order chi connectivity index (χ0) is 25.5. The molecule has 2 aromatic rings. The lowest BCUT2D eigenvalue weighted by atomic mass is 9.99. The quantitative estimate of drug-likeness (QED) is 0.553. The molecule has 190 valence electrons. The lowest BCUT2D eigenvalue weighted by Gasteiger charge is -2.28. The van der Waals surface area contributed by atoms with E-state index in [4.69, 9.17) is 10.5 Å². The summed E-state index contributed by atoms with van der Waals surface area (Å²) in [6, 6.07) is 2.46. The highest BCUT2D eigenvalue weighted by atomic mass is 19.4. The Kier molecular flexibility index (Phi) is 6.65. The number of benzene rings is 1. The van der Waals surface area contributed by atoms with Crippen LogP contribution in [0.25, 0.3) is 11.1 Å². The highest BCUT2D eigenvalue weighted by Gasteiger charge is 2.37. The third-order valence-electron chi connectivity index (χ3n) is 6.29. The molecule has 2 fully saturated rings. The van der Waals surface area contributed by atoms with Gasteiger partial charge in [0.25, 0.3) is 5.91 Å². The van der Waals surface area contributed by atoms with Crippen LogP contribution in [0.5, 0.6) is 5.88 Å². The van der Waals surface area contributed by atoms with E-state index in [1.54, 1.807) is 4.90 Å². The van der Waals surface area contributed by atoms with Gasteiger partial charge in [-0.3, -0.25) is 4.79 Å². The van der Waals surface area contributed by atoms with Crippen molar-refractivity contribution in [2.24, 2.45) is 11.7 Å². The van der Waals surface area contributed by atoms with E-state index < -0.39 is 41.7 Å². The Morgan fingerprint density at radius 2 is 1.94 bits per heavy atom. The van der Waals surface area contributed by atoms with Gasteiger partial charge in [-0.1, -0.05) is 0 Å². The maximum Gasteiger partial charge on any atom is 0.422 e. The fourth-order valence-corrected chi connectivity index (χ4v) is 4.37. The summed E-state index contributed by atoms with van der Waals surface area (Å²) >= 11 is 0. The minimum atomic E-state index is -4.68. The SMILES string of the molecule is CC(NC(=O)c1cnc(OCC(F)(F)F)c(-c2cc(F)cc(F)c2)c1N1CC[C@](C)(N)C1)C1CC1. The fraction of sp³-hybridized carbons (Fsp3) is 0.500. The maximum absolute atomic E-state index is 14.2. The van der Waals surface area contributed by atoms with E-state index >= 15 is 0 Å². The molecule has 2 heterocycles. The number of pyridine rings is 1. The minimum absolute atomic E-state index is 0.0641. The number of aromatic nitrogens is 1. The van der Waals surface area contributed by atoms with Crippen LogP contribution >= 0.6 is 0 Å². The topological polar surface area (TPSA) is 80.5 Å². The first-order chi connectivity index (χ1) is 16.3. The van der Waals surface area contributed by atoms with Crippen LogP contribution in [0.4, 0.5) is 27.6 Å². The van der Waals surface area contributed by atoms with E-state index in [2.05, 4.69) is 10.3 Å². The predicted molar refractivity (Wildman–Crippen MR) is 120 cm³/mol. The maximum atomic E-state index is 14.2. The van der Waals surface area contributed by atoms with Crippen LogP contribution in [0.1, 0.15) is 43.5 Å². The van der Waals surface area contributed by atoms with Crippen LogP contribution < -0.4 is 20.7 Å². The van der Waals surface area contributed by atoms with Gasteiger partial charge in [0, 0.05) is 36.9 Å². The van der Waals surface area contributed by atoms with Crippen molar-refractivity contribution in [1.82, 2.24) is 10.3 Å². The van der Waals surface area contributed by atoms with Crippen LogP contribution in [0, 0.1) is 17.6 Å². The van der Waals surface area contributed by atoms with Gasteiger partial charge in [-0.05, 0) is 56.7 Å². The summed E-state index contributed by atoms with van der Waals surface area (Å²) in [7, 11) is 0.